The molecule has 2 aromatic rings. The lowest BCUT2D eigenvalue weighted by molar-refractivity contribution is 1.29. The van der Waals surface area contributed by atoms with Crippen LogP contribution in [0, 0.1) is 14.9 Å². The van der Waals surface area contributed by atoms with Crippen molar-refractivity contribution in [1.82, 2.24) is 4.98 Å². The summed E-state index contributed by atoms with van der Waals surface area (Å²) in [6, 6.07) is 11.0. The molecule has 1 aromatic heterocycles. The summed E-state index contributed by atoms with van der Waals surface area (Å²) in [7, 11) is 0. The van der Waals surface area contributed by atoms with Crippen LogP contribution in [0.15, 0.2) is 36.5 Å². The highest BCUT2D eigenvalue weighted by atomic mass is 127. The summed E-state index contributed by atoms with van der Waals surface area (Å²) >= 11 is 8.07. The van der Waals surface area contributed by atoms with E-state index in [0.717, 1.165) is 9.26 Å². The zero-order chi connectivity index (χ0) is 12.3. The third-order valence-electron chi connectivity index (χ3n) is 2.08. The Morgan fingerprint density at radius 3 is 2.82 bits per heavy atom. The number of hydrogen-bond acceptors (Lipinski definition) is 3. The molecule has 0 saturated carbocycles. The number of nitrogens with zero attached hydrogens (tertiary/aromatic N) is 2. The first-order chi connectivity index (χ1) is 8.19. The fraction of sp³-hybridized carbons (Fsp3) is 0. The molecule has 0 spiro atoms. The van der Waals surface area contributed by atoms with Gasteiger partial charge in [0, 0.05) is 14.8 Å². The zero-order valence-electron chi connectivity index (χ0n) is 8.61. The van der Waals surface area contributed by atoms with Gasteiger partial charge in [0.2, 0.25) is 0 Å². The summed E-state index contributed by atoms with van der Waals surface area (Å²) in [6.07, 6.45) is 1.60. The van der Waals surface area contributed by atoms with Crippen molar-refractivity contribution in [1.29, 1.82) is 5.26 Å². The van der Waals surface area contributed by atoms with E-state index in [1.54, 1.807) is 24.4 Å². The quantitative estimate of drug-likeness (QED) is 0.830. The highest BCUT2D eigenvalue weighted by molar-refractivity contribution is 14.1. The van der Waals surface area contributed by atoms with Crippen LogP contribution < -0.4 is 5.32 Å². The predicted molar refractivity (Wildman–Crippen MR) is 76.4 cm³/mol. The van der Waals surface area contributed by atoms with Crippen molar-refractivity contribution >= 4 is 45.7 Å². The number of pyridine rings is 1. The van der Waals surface area contributed by atoms with Crippen LogP contribution in [0.3, 0.4) is 0 Å². The van der Waals surface area contributed by atoms with Gasteiger partial charge in [-0.2, -0.15) is 5.26 Å². The monoisotopic (exact) mass is 355 g/mol. The van der Waals surface area contributed by atoms with Gasteiger partial charge >= 0.3 is 0 Å². The number of rotatable bonds is 2. The smallest absolute Gasteiger partial charge is 0.131 e. The van der Waals surface area contributed by atoms with Gasteiger partial charge in [0.15, 0.2) is 0 Å². The van der Waals surface area contributed by atoms with E-state index < -0.39 is 0 Å². The lowest BCUT2D eigenvalue weighted by atomic mass is 10.2. The Hall–Kier alpha value is -1.32. The fourth-order valence-corrected chi connectivity index (χ4v) is 2.30. The first-order valence-corrected chi connectivity index (χ1v) is 6.23. The molecule has 0 radical (unpaired) electrons. The third-order valence-corrected chi connectivity index (χ3v) is 3.21. The molecular formula is C12H7ClIN3. The second-order valence-corrected chi connectivity index (χ2v) is 4.89. The lowest BCUT2D eigenvalue weighted by Crippen LogP contribution is -1.95. The molecule has 0 aliphatic rings. The van der Waals surface area contributed by atoms with E-state index in [-0.39, 0.29) is 0 Å². The molecular weight excluding hydrogens is 349 g/mol. The molecule has 17 heavy (non-hydrogen) atoms. The van der Waals surface area contributed by atoms with Crippen LogP contribution in [0.4, 0.5) is 11.5 Å². The van der Waals surface area contributed by atoms with Gasteiger partial charge in [0.05, 0.1) is 17.3 Å². The molecule has 5 heteroatoms. The van der Waals surface area contributed by atoms with Crippen molar-refractivity contribution < 1.29 is 0 Å². The number of benzene rings is 1. The van der Waals surface area contributed by atoms with Gasteiger partial charge in [-0.15, -0.1) is 0 Å². The van der Waals surface area contributed by atoms with Crippen molar-refractivity contribution in [3.8, 4) is 6.07 Å². The summed E-state index contributed by atoms with van der Waals surface area (Å²) in [6.45, 7) is 0. The third kappa shape index (κ3) is 3.08. The number of nitriles is 1. The number of anilines is 2. The number of nitrogens with one attached hydrogen (secondary N) is 1. The molecule has 0 bridgehead atoms. The molecule has 0 saturated heterocycles. The molecule has 84 valence electrons. The van der Waals surface area contributed by atoms with Gasteiger partial charge in [-0.3, -0.25) is 0 Å². The number of aromatic nitrogens is 1. The van der Waals surface area contributed by atoms with Crippen LogP contribution in [0.25, 0.3) is 0 Å². The van der Waals surface area contributed by atoms with Crippen molar-refractivity contribution in [3.63, 3.8) is 0 Å². The Bertz CT molecular complexity index is 593. The van der Waals surface area contributed by atoms with E-state index in [4.69, 9.17) is 16.9 Å². The van der Waals surface area contributed by atoms with E-state index in [1.807, 2.05) is 12.1 Å². The molecule has 1 aromatic carbocycles. The highest BCUT2D eigenvalue weighted by Crippen LogP contribution is 2.24. The van der Waals surface area contributed by atoms with Gasteiger partial charge in [0.1, 0.15) is 5.82 Å². The lowest BCUT2D eigenvalue weighted by Gasteiger charge is -2.07. The summed E-state index contributed by atoms with van der Waals surface area (Å²) < 4.78 is 0.999. The average molecular weight is 356 g/mol. The Morgan fingerprint density at radius 2 is 2.12 bits per heavy atom. The SMILES string of the molecule is N#Cc1ccnc(Nc2ccc(Cl)cc2I)c1. The number of halogens is 2. The van der Waals surface area contributed by atoms with E-state index >= 15 is 0 Å². The molecule has 1 heterocycles. The molecule has 0 aliphatic heterocycles. The Labute approximate surface area is 118 Å². The van der Waals surface area contributed by atoms with Crippen LogP contribution in [-0.4, -0.2) is 4.98 Å². The molecule has 2 rings (SSSR count). The molecule has 0 atom stereocenters. The first kappa shape index (κ1) is 12.1. The van der Waals surface area contributed by atoms with Crippen LogP contribution >= 0.6 is 34.2 Å². The maximum Gasteiger partial charge on any atom is 0.131 e. The molecule has 0 amide bonds. The van der Waals surface area contributed by atoms with Gasteiger partial charge < -0.3 is 5.32 Å². The minimum Gasteiger partial charge on any atom is -0.339 e. The number of hydrogen-bond donors (Lipinski definition) is 1. The van der Waals surface area contributed by atoms with Gasteiger partial charge in [-0.1, -0.05) is 11.6 Å². The Kier molecular flexibility index (Phi) is 3.82. The Balaban J connectivity index is 2.28. The van der Waals surface area contributed by atoms with Gasteiger partial charge in [-0.05, 0) is 52.9 Å². The van der Waals surface area contributed by atoms with E-state index in [1.165, 1.54) is 0 Å². The van der Waals surface area contributed by atoms with Crippen LogP contribution in [0.5, 0.6) is 0 Å². The van der Waals surface area contributed by atoms with Gasteiger partial charge in [-0.25, -0.2) is 4.98 Å². The normalized spacial score (nSPS) is 9.71. The summed E-state index contributed by atoms with van der Waals surface area (Å²) in [5, 5.41) is 12.6. The summed E-state index contributed by atoms with van der Waals surface area (Å²) in [4.78, 5) is 4.15. The molecule has 3 nitrogen and oxygen atoms in total. The minimum absolute atomic E-state index is 0.575. The topological polar surface area (TPSA) is 48.7 Å². The van der Waals surface area contributed by atoms with Crippen molar-refractivity contribution in [3.05, 3.63) is 50.7 Å². The molecule has 0 fully saturated rings. The van der Waals surface area contributed by atoms with Crippen LogP contribution in [0.1, 0.15) is 5.56 Å². The zero-order valence-corrected chi connectivity index (χ0v) is 11.5. The van der Waals surface area contributed by atoms with Crippen LogP contribution in [0.2, 0.25) is 5.02 Å². The summed E-state index contributed by atoms with van der Waals surface area (Å²) in [5.74, 6) is 0.643. The van der Waals surface area contributed by atoms with E-state index in [0.29, 0.717) is 16.4 Å². The molecule has 0 unspecified atom stereocenters. The molecule has 1 N–H and O–H groups in total. The second kappa shape index (κ2) is 5.34. The highest BCUT2D eigenvalue weighted by Gasteiger charge is 2.02. The maximum atomic E-state index is 8.79. The van der Waals surface area contributed by atoms with Crippen molar-refractivity contribution in [2.24, 2.45) is 0 Å². The first-order valence-electron chi connectivity index (χ1n) is 4.77. The Morgan fingerprint density at radius 1 is 1.29 bits per heavy atom. The predicted octanol–water partition coefficient (Wildman–Crippen LogP) is 3.95. The molecule has 0 aliphatic carbocycles. The van der Waals surface area contributed by atoms with E-state index in [2.05, 4.69) is 39.0 Å². The van der Waals surface area contributed by atoms with E-state index in [9.17, 15) is 0 Å². The second-order valence-electron chi connectivity index (χ2n) is 3.29. The van der Waals surface area contributed by atoms with Crippen molar-refractivity contribution in [2.75, 3.05) is 5.32 Å². The standard InChI is InChI=1S/C12H7ClIN3/c13-9-1-2-11(10(14)6-9)17-12-5-8(7-15)3-4-16-12/h1-6H,(H,16,17). The summed E-state index contributed by atoms with van der Waals surface area (Å²) in [5.41, 5.74) is 1.49. The van der Waals surface area contributed by atoms with Crippen LogP contribution in [-0.2, 0) is 0 Å². The average Bonchev–Trinajstić information content (AvgIpc) is 2.33. The fourth-order valence-electron chi connectivity index (χ4n) is 1.30. The van der Waals surface area contributed by atoms with Crippen molar-refractivity contribution in [2.45, 2.75) is 0 Å². The maximum absolute atomic E-state index is 8.79. The van der Waals surface area contributed by atoms with Gasteiger partial charge in [0.25, 0.3) is 0 Å². The largest absolute Gasteiger partial charge is 0.339 e. The minimum atomic E-state index is 0.575.